The van der Waals surface area contributed by atoms with Crippen LogP contribution in [0.2, 0.25) is 0 Å². The van der Waals surface area contributed by atoms with Gasteiger partial charge in [-0.15, -0.1) is 0 Å². The average Bonchev–Trinajstić information content (AvgIpc) is 2.89. The summed E-state index contributed by atoms with van der Waals surface area (Å²) in [7, 11) is 4.11. The van der Waals surface area contributed by atoms with Gasteiger partial charge in [-0.3, -0.25) is 0 Å². The molecule has 0 N–H and O–H groups in total. The molecule has 4 rings (SSSR count). The normalized spacial score (nSPS) is 13.6. The van der Waals surface area contributed by atoms with Crippen molar-refractivity contribution in [1.29, 1.82) is 0 Å². The minimum Gasteiger partial charge on any atom is -0.362 e. The second-order valence-corrected chi connectivity index (χ2v) is 5.50. The third kappa shape index (κ3) is 3.16. The number of nitrogens with zero attached hydrogens (tertiary/aromatic N) is 2. The van der Waals surface area contributed by atoms with Gasteiger partial charge in [-0.2, -0.15) is 0 Å². The fourth-order valence-electron chi connectivity index (χ4n) is 2.56. The van der Waals surface area contributed by atoms with E-state index in [1.54, 1.807) is 0 Å². The van der Waals surface area contributed by atoms with Gasteiger partial charge in [0, 0.05) is 26.5 Å². The first-order valence-electron chi connectivity index (χ1n) is 7.19. The van der Waals surface area contributed by atoms with Gasteiger partial charge in [0.15, 0.2) is 0 Å². The Balaban J connectivity index is 0.000000160. The zero-order valence-corrected chi connectivity index (χ0v) is 12.5. The fourth-order valence-corrected chi connectivity index (χ4v) is 2.56. The summed E-state index contributed by atoms with van der Waals surface area (Å²) in [4.78, 5) is 4.25. The Morgan fingerprint density at radius 1 is 0.619 bits per heavy atom. The predicted octanol–water partition coefficient (Wildman–Crippen LogP) is 4.29. The van der Waals surface area contributed by atoms with Crippen molar-refractivity contribution in [3.05, 3.63) is 73.1 Å². The summed E-state index contributed by atoms with van der Waals surface area (Å²) < 4.78 is 0. The van der Waals surface area contributed by atoms with Crippen molar-refractivity contribution < 1.29 is 0 Å². The molecule has 0 spiro atoms. The van der Waals surface area contributed by atoms with Gasteiger partial charge in [-0.05, 0) is 33.7 Å². The minimum atomic E-state index is 1.03. The Hall–Kier alpha value is -2.48. The molecular formula is C19H20N2. The molecule has 0 amide bonds. The van der Waals surface area contributed by atoms with Gasteiger partial charge in [0.2, 0.25) is 0 Å². The van der Waals surface area contributed by atoms with E-state index >= 15 is 0 Å². The fraction of sp³-hybridized carbons (Fsp3) is 0.158. The van der Waals surface area contributed by atoms with Gasteiger partial charge in [-0.1, -0.05) is 48.5 Å². The van der Waals surface area contributed by atoms with Crippen LogP contribution in [0.15, 0.2) is 73.1 Å². The topological polar surface area (TPSA) is 6.48 Å². The monoisotopic (exact) mass is 276 g/mol. The van der Waals surface area contributed by atoms with Crippen molar-refractivity contribution in [2.75, 3.05) is 20.8 Å². The lowest BCUT2D eigenvalue weighted by Gasteiger charge is -2.10. The van der Waals surface area contributed by atoms with Crippen molar-refractivity contribution in [2.24, 2.45) is 0 Å². The highest BCUT2D eigenvalue weighted by molar-refractivity contribution is 5.98. The van der Waals surface area contributed by atoms with Crippen molar-refractivity contribution in [2.45, 2.75) is 0 Å². The zero-order chi connectivity index (χ0) is 14.7. The molecule has 3 aromatic carbocycles. The molecule has 0 saturated heterocycles. The molecule has 106 valence electrons. The van der Waals surface area contributed by atoms with Crippen LogP contribution in [-0.4, -0.2) is 30.6 Å². The molecule has 0 aromatic heterocycles. The van der Waals surface area contributed by atoms with Crippen molar-refractivity contribution in [1.82, 2.24) is 9.80 Å². The van der Waals surface area contributed by atoms with Crippen LogP contribution in [0.5, 0.6) is 0 Å². The van der Waals surface area contributed by atoms with Crippen LogP contribution in [0.3, 0.4) is 0 Å². The van der Waals surface area contributed by atoms with Crippen LogP contribution in [-0.2, 0) is 0 Å². The molecule has 0 saturated carbocycles. The minimum absolute atomic E-state index is 1.03. The Morgan fingerprint density at radius 3 is 1.19 bits per heavy atom. The highest BCUT2D eigenvalue weighted by atomic mass is 15.3. The summed E-state index contributed by atoms with van der Waals surface area (Å²) in [6.45, 7) is 1.03. The molecule has 0 aliphatic carbocycles. The first-order chi connectivity index (χ1) is 10.2. The summed E-state index contributed by atoms with van der Waals surface area (Å²) in [5.41, 5.74) is 0. The summed E-state index contributed by atoms with van der Waals surface area (Å²) >= 11 is 0. The lowest BCUT2D eigenvalue weighted by molar-refractivity contribution is 0.340. The molecule has 0 bridgehead atoms. The maximum Gasteiger partial charge on any atom is 0.0887 e. The van der Waals surface area contributed by atoms with Crippen LogP contribution in [0, 0.1) is 0 Å². The molecule has 0 atom stereocenters. The number of rotatable bonds is 0. The number of hydrogen-bond acceptors (Lipinski definition) is 2. The second-order valence-electron chi connectivity index (χ2n) is 5.50. The Bertz CT molecular complexity index is 661. The van der Waals surface area contributed by atoms with Crippen molar-refractivity contribution in [3.8, 4) is 0 Å². The number of fused-ring (bicyclic) bond motifs is 2. The first kappa shape index (κ1) is 13.5. The second kappa shape index (κ2) is 5.88. The third-order valence-electron chi connectivity index (χ3n) is 3.64. The van der Waals surface area contributed by atoms with Gasteiger partial charge in [0.05, 0.1) is 6.67 Å². The molecule has 2 nitrogen and oxygen atoms in total. The molecule has 0 unspecified atom stereocenters. The quantitative estimate of drug-likeness (QED) is 0.565. The van der Waals surface area contributed by atoms with E-state index in [1.807, 2.05) is 0 Å². The molecule has 21 heavy (non-hydrogen) atoms. The highest BCUT2D eigenvalue weighted by Gasteiger charge is 1.99. The average molecular weight is 276 g/mol. The molecule has 2 heteroatoms. The molecular weight excluding hydrogens is 256 g/mol. The molecule has 1 heterocycles. The molecule has 3 aromatic rings. The van der Waals surface area contributed by atoms with Crippen LogP contribution < -0.4 is 0 Å². The Labute approximate surface area is 125 Å². The zero-order valence-electron chi connectivity index (χ0n) is 12.5. The SMILES string of the molecule is CN1C=CN(C)C1.c1ccc2cc3ccccc3cc2c1. The summed E-state index contributed by atoms with van der Waals surface area (Å²) in [5, 5.41) is 5.25. The first-order valence-corrected chi connectivity index (χ1v) is 7.19. The molecule has 1 aliphatic rings. The van der Waals surface area contributed by atoms with Crippen LogP contribution in [0.4, 0.5) is 0 Å². The lowest BCUT2D eigenvalue weighted by atomic mass is 10.0. The van der Waals surface area contributed by atoms with Crippen LogP contribution in [0.25, 0.3) is 21.5 Å². The lowest BCUT2D eigenvalue weighted by Crippen LogP contribution is -2.17. The Kier molecular flexibility index (Phi) is 3.78. The Morgan fingerprint density at radius 2 is 0.952 bits per heavy atom. The molecule has 0 radical (unpaired) electrons. The van der Waals surface area contributed by atoms with Gasteiger partial charge in [0.25, 0.3) is 0 Å². The van der Waals surface area contributed by atoms with E-state index < -0.39 is 0 Å². The summed E-state index contributed by atoms with van der Waals surface area (Å²) in [6.07, 6.45) is 4.11. The summed E-state index contributed by atoms with van der Waals surface area (Å²) in [6, 6.07) is 21.4. The number of benzene rings is 3. The summed E-state index contributed by atoms with van der Waals surface area (Å²) in [5.74, 6) is 0. The van der Waals surface area contributed by atoms with E-state index in [-0.39, 0.29) is 0 Å². The largest absolute Gasteiger partial charge is 0.362 e. The van der Waals surface area contributed by atoms with Crippen LogP contribution in [0.1, 0.15) is 0 Å². The van der Waals surface area contributed by atoms with Gasteiger partial charge in [0.1, 0.15) is 0 Å². The standard InChI is InChI=1S/C14H10.C5H10N2/c1-2-6-12-10-14-8-4-3-7-13(14)9-11(12)5-1;1-6-3-4-7(2)5-6/h1-10H;3-4H,5H2,1-2H3. The van der Waals surface area contributed by atoms with Crippen LogP contribution >= 0.6 is 0 Å². The van der Waals surface area contributed by atoms with E-state index in [2.05, 4.69) is 97.0 Å². The van der Waals surface area contributed by atoms with E-state index in [0.717, 1.165) is 6.67 Å². The van der Waals surface area contributed by atoms with Crippen molar-refractivity contribution in [3.63, 3.8) is 0 Å². The van der Waals surface area contributed by atoms with Gasteiger partial charge >= 0.3 is 0 Å². The predicted molar refractivity (Wildman–Crippen MR) is 91.0 cm³/mol. The van der Waals surface area contributed by atoms with E-state index in [1.165, 1.54) is 21.5 Å². The maximum absolute atomic E-state index is 2.24. The molecule has 0 fully saturated rings. The molecule has 1 aliphatic heterocycles. The van der Waals surface area contributed by atoms with E-state index in [0.29, 0.717) is 0 Å². The number of hydrogen-bond donors (Lipinski definition) is 0. The highest BCUT2D eigenvalue weighted by Crippen LogP contribution is 2.21. The maximum atomic E-state index is 2.24. The smallest absolute Gasteiger partial charge is 0.0887 e. The van der Waals surface area contributed by atoms with Gasteiger partial charge in [-0.25, -0.2) is 0 Å². The van der Waals surface area contributed by atoms with Gasteiger partial charge < -0.3 is 9.80 Å². The van der Waals surface area contributed by atoms with Crippen molar-refractivity contribution >= 4 is 21.5 Å². The third-order valence-corrected chi connectivity index (χ3v) is 3.64. The van der Waals surface area contributed by atoms with E-state index in [9.17, 15) is 0 Å². The van der Waals surface area contributed by atoms with E-state index in [4.69, 9.17) is 0 Å².